The van der Waals surface area contributed by atoms with Gasteiger partial charge in [-0.1, -0.05) is 0 Å². The van der Waals surface area contributed by atoms with E-state index in [1.165, 1.54) is 0 Å². The summed E-state index contributed by atoms with van der Waals surface area (Å²) in [7, 11) is 0. The number of nitrogens with two attached hydrogens (primary N) is 1. The van der Waals surface area contributed by atoms with E-state index in [9.17, 15) is 4.79 Å². The van der Waals surface area contributed by atoms with Crippen LogP contribution in [-0.4, -0.2) is 28.6 Å². The molecular weight excluding hydrogens is 186 g/mol. The third-order valence-electron chi connectivity index (χ3n) is 1.70. The van der Waals surface area contributed by atoms with E-state index in [4.69, 9.17) is 10.5 Å². The van der Waals surface area contributed by atoms with Gasteiger partial charge in [0.1, 0.15) is 5.60 Å². The van der Waals surface area contributed by atoms with Crippen molar-refractivity contribution in [2.75, 3.05) is 11.5 Å². The van der Waals surface area contributed by atoms with Crippen molar-refractivity contribution in [2.24, 2.45) is 5.73 Å². The SMILES string of the molecule is CC(C)(C)OC(=O)CC1(N)CSC1. The summed E-state index contributed by atoms with van der Waals surface area (Å²) in [6.45, 7) is 5.59. The Morgan fingerprint density at radius 2 is 2.08 bits per heavy atom. The van der Waals surface area contributed by atoms with E-state index in [2.05, 4.69) is 0 Å². The highest BCUT2D eigenvalue weighted by molar-refractivity contribution is 8.00. The molecule has 0 aromatic rings. The smallest absolute Gasteiger partial charge is 0.308 e. The molecule has 1 rings (SSSR count). The van der Waals surface area contributed by atoms with Gasteiger partial charge in [-0.25, -0.2) is 0 Å². The number of thioether (sulfide) groups is 1. The second-order valence-electron chi connectivity index (χ2n) is 4.62. The highest BCUT2D eigenvalue weighted by atomic mass is 32.2. The van der Waals surface area contributed by atoms with E-state index in [-0.39, 0.29) is 11.5 Å². The molecule has 0 atom stereocenters. The number of hydrogen-bond acceptors (Lipinski definition) is 4. The van der Waals surface area contributed by atoms with Gasteiger partial charge in [-0.05, 0) is 20.8 Å². The first-order chi connectivity index (χ1) is 5.81. The number of esters is 1. The molecule has 0 amide bonds. The Hall–Kier alpha value is -0.220. The molecule has 0 bridgehead atoms. The zero-order valence-electron chi connectivity index (χ0n) is 8.42. The monoisotopic (exact) mass is 203 g/mol. The Morgan fingerprint density at radius 1 is 1.54 bits per heavy atom. The van der Waals surface area contributed by atoms with E-state index in [0.29, 0.717) is 6.42 Å². The molecule has 0 aliphatic carbocycles. The third-order valence-corrected chi connectivity index (χ3v) is 3.25. The summed E-state index contributed by atoms with van der Waals surface area (Å²) in [6, 6.07) is 0. The molecule has 1 saturated heterocycles. The summed E-state index contributed by atoms with van der Waals surface area (Å²) >= 11 is 1.77. The molecule has 0 aromatic carbocycles. The van der Waals surface area contributed by atoms with Gasteiger partial charge in [0.15, 0.2) is 0 Å². The minimum absolute atomic E-state index is 0.185. The number of carbonyl (C=O) groups is 1. The number of ether oxygens (including phenoxy) is 1. The molecule has 13 heavy (non-hydrogen) atoms. The predicted octanol–water partition coefficient (Wildman–Crippen LogP) is 1.16. The lowest BCUT2D eigenvalue weighted by Crippen LogP contribution is -2.54. The minimum Gasteiger partial charge on any atom is -0.460 e. The highest BCUT2D eigenvalue weighted by Gasteiger charge is 2.37. The molecule has 1 heterocycles. The van der Waals surface area contributed by atoms with Crippen LogP contribution in [0.5, 0.6) is 0 Å². The average Bonchev–Trinajstić information content (AvgIpc) is 1.79. The van der Waals surface area contributed by atoms with Crippen LogP contribution in [0.25, 0.3) is 0 Å². The van der Waals surface area contributed by atoms with Gasteiger partial charge < -0.3 is 10.5 Å². The predicted molar refractivity (Wildman–Crippen MR) is 54.7 cm³/mol. The fraction of sp³-hybridized carbons (Fsp3) is 0.889. The maximum atomic E-state index is 11.4. The molecule has 76 valence electrons. The molecule has 2 N–H and O–H groups in total. The summed E-state index contributed by atoms with van der Waals surface area (Å²) in [4.78, 5) is 11.4. The molecule has 0 radical (unpaired) electrons. The van der Waals surface area contributed by atoms with Crippen molar-refractivity contribution in [3.63, 3.8) is 0 Å². The number of rotatable bonds is 2. The van der Waals surface area contributed by atoms with Crippen LogP contribution in [0.15, 0.2) is 0 Å². The summed E-state index contributed by atoms with van der Waals surface area (Å²) in [5.41, 5.74) is 5.20. The van der Waals surface area contributed by atoms with Gasteiger partial charge in [0, 0.05) is 17.0 Å². The van der Waals surface area contributed by atoms with Crippen LogP contribution in [0, 0.1) is 0 Å². The molecule has 1 fully saturated rings. The van der Waals surface area contributed by atoms with Gasteiger partial charge >= 0.3 is 5.97 Å². The number of hydrogen-bond donors (Lipinski definition) is 1. The van der Waals surface area contributed by atoms with E-state index in [1.54, 1.807) is 11.8 Å². The Morgan fingerprint density at radius 3 is 2.38 bits per heavy atom. The Labute approximate surface area is 83.4 Å². The second-order valence-corrected chi connectivity index (χ2v) is 5.60. The van der Waals surface area contributed by atoms with Crippen molar-refractivity contribution in [1.29, 1.82) is 0 Å². The van der Waals surface area contributed by atoms with Gasteiger partial charge in [0.2, 0.25) is 0 Å². The molecule has 4 heteroatoms. The van der Waals surface area contributed by atoms with Crippen LogP contribution < -0.4 is 5.73 Å². The molecular formula is C9H17NO2S. The molecule has 0 unspecified atom stereocenters. The third kappa shape index (κ3) is 3.56. The average molecular weight is 203 g/mol. The fourth-order valence-electron chi connectivity index (χ4n) is 1.13. The lowest BCUT2D eigenvalue weighted by Gasteiger charge is -2.37. The van der Waals surface area contributed by atoms with Crippen molar-refractivity contribution in [2.45, 2.75) is 38.3 Å². The maximum absolute atomic E-state index is 11.4. The first-order valence-electron chi connectivity index (χ1n) is 4.39. The van der Waals surface area contributed by atoms with Crippen molar-refractivity contribution in [1.82, 2.24) is 0 Å². The highest BCUT2D eigenvalue weighted by Crippen LogP contribution is 2.30. The van der Waals surface area contributed by atoms with Crippen LogP contribution in [0.4, 0.5) is 0 Å². The largest absolute Gasteiger partial charge is 0.460 e. The maximum Gasteiger partial charge on any atom is 0.308 e. The van der Waals surface area contributed by atoms with E-state index < -0.39 is 5.60 Å². The lowest BCUT2D eigenvalue weighted by molar-refractivity contribution is -0.155. The molecule has 1 aliphatic heterocycles. The molecule has 0 spiro atoms. The van der Waals surface area contributed by atoms with E-state index in [0.717, 1.165) is 11.5 Å². The quantitative estimate of drug-likeness (QED) is 0.684. The summed E-state index contributed by atoms with van der Waals surface area (Å²) in [5, 5.41) is 0. The fourth-order valence-corrected chi connectivity index (χ4v) is 2.06. The van der Waals surface area contributed by atoms with E-state index >= 15 is 0 Å². The first-order valence-corrected chi connectivity index (χ1v) is 5.55. The Balaban J connectivity index is 2.33. The van der Waals surface area contributed by atoms with Crippen LogP contribution in [0.1, 0.15) is 27.2 Å². The first kappa shape index (κ1) is 10.9. The summed E-state index contributed by atoms with van der Waals surface area (Å²) < 4.78 is 5.18. The van der Waals surface area contributed by atoms with Crippen molar-refractivity contribution in [3.05, 3.63) is 0 Å². The Bertz CT molecular complexity index is 206. The molecule has 1 aliphatic rings. The molecule has 3 nitrogen and oxygen atoms in total. The zero-order chi connectivity index (χ0) is 10.1. The Kier molecular flexibility index (Phi) is 2.92. The second kappa shape index (κ2) is 3.50. The number of carbonyl (C=O) groups excluding carboxylic acids is 1. The van der Waals surface area contributed by atoms with Gasteiger partial charge in [-0.15, -0.1) is 0 Å². The van der Waals surface area contributed by atoms with Crippen LogP contribution >= 0.6 is 11.8 Å². The molecule has 0 saturated carbocycles. The van der Waals surface area contributed by atoms with Gasteiger partial charge in [-0.3, -0.25) is 4.79 Å². The van der Waals surface area contributed by atoms with Gasteiger partial charge in [-0.2, -0.15) is 11.8 Å². The van der Waals surface area contributed by atoms with Crippen molar-refractivity contribution >= 4 is 17.7 Å². The summed E-state index contributed by atoms with van der Waals surface area (Å²) in [6.07, 6.45) is 0.345. The normalized spacial score (nSPS) is 20.6. The van der Waals surface area contributed by atoms with E-state index in [1.807, 2.05) is 20.8 Å². The van der Waals surface area contributed by atoms with Gasteiger partial charge in [0.25, 0.3) is 0 Å². The van der Waals surface area contributed by atoms with Crippen molar-refractivity contribution < 1.29 is 9.53 Å². The summed E-state index contributed by atoms with van der Waals surface area (Å²) in [5.74, 6) is 1.55. The topological polar surface area (TPSA) is 52.3 Å². The van der Waals surface area contributed by atoms with Crippen molar-refractivity contribution in [3.8, 4) is 0 Å². The van der Waals surface area contributed by atoms with Crippen LogP contribution in [0.3, 0.4) is 0 Å². The standard InChI is InChI=1S/C9H17NO2S/c1-8(2,3)12-7(11)4-9(10)5-13-6-9/h4-6,10H2,1-3H3. The minimum atomic E-state index is -0.398. The lowest BCUT2D eigenvalue weighted by atomic mass is 10.0. The van der Waals surface area contributed by atoms with Crippen LogP contribution in [-0.2, 0) is 9.53 Å². The molecule has 0 aromatic heterocycles. The van der Waals surface area contributed by atoms with Crippen LogP contribution in [0.2, 0.25) is 0 Å². The van der Waals surface area contributed by atoms with Gasteiger partial charge in [0.05, 0.1) is 6.42 Å². The zero-order valence-corrected chi connectivity index (χ0v) is 9.24.